The molecule has 1 aliphatic rings. The van der Waals surface area contributed by atoms with Gasteiger partial charge in [-0.1, -0.05) is 0 Å². The molecule has 1 aromatic heterocycles. The Labute approximate surface area is 174 Å². The van der Waals surface area contributed by atoms with Crippen LogP contribution in [0.1, 0.15) is 16.1 Å². The van der Waals surface area contributed by atoms with E-state index in [1.807, 2.05) is 0 Å². The maximum atomic E-state index is 13.1. The lowest BCUT2D eigenvalue weighted by Gasteiger charge is -2.27. The number of nitrogens with one attached hydrogen (secondary N) is 1. The van der Waals surface area contributed by atoms with E-state index in [1.54, 1.807) is 29.2 Å². The van der Waals surface area contributed by atoms with Crippen LogP contribution in [0.5, 0.6) is 17.2 Å². The molecule has 1 aliphatic heterocycles. The van der Waals surface area contributed by atoms with Crippen LogP contribution in [0.15, 0.2) is 40.6 Å². The third-order valence-corrected chi connectivity index (χ3v) is 4.52. The molecular formula is C21H24N2O7. The maximum Gasteiger partial charge on any atom is 0.291 e. The predicted octanol–water partition coefficient (Wildman–Crippen LogP) is 1.94. The van der Waals surface area contributed by atoms with Gasteiger partial charge in [-0.25, -0.2) is 0 Å². The van der Waals surface area contributed by atoms with Crippen LogP contribution >= 0.6 is 0 Å². The van der Waals surface area contributed by atoms with E-state index >= 15 is 0 Å². The Morgan fingerprint density at radius 3 is 2.27 bits per heavy atom. The van der Waals surface area contributed by atoms with Crippen LogP contribution in [0.3, 0.4) is 0 Å². The van der Waals surface area contributed by atoms with Gasteiger partial charge >= 0.3 is 0 Å². The third-order valence-electron chi connectivity index (χ3n) is 4.52. The average molecular weight is 416 g/mol. The number of carbonyl (C=O) groups excluding carboxylic acids is 2. The number of morpholine rings is 1. The summed E-state index contributed by atoms with van der Waals surface area (Å²) < 4.78 is 26.5. The molecule has 9 heteroatoms. The van der Waals surface area contributed by atoms with E-state index in [4.69, 9.17) is 23.4 Å². The summed E-state index contributed by atoms with van der Waals surface area (Å²) in [5.41, 5.74) is 0.674. The number of nitrogens with zero attached hydrogens (tertiary/aromatic N) is 1. The number of rotatable bonds is 7. The van der Waals surface area contributed by atoms with E-state index in [1.165, 1.54) is 33.7 Å². The van der Waals surface area contributed by atoms with Crippen molar-refractivity contribution in [3.05, 3.63) is 47.5 Å². The maximum absolute atomic E-state index is 13.1. The number of furan rings is 1. The smallest absolute Gasteiger partial charge is 0.291 e. The van der Waals surface area contributed by atoms with Crippen molar-refractivity contribution >= 4 is 17.9 Å². The molecule has 2 amide bonds. The van der Waals surface area contributed by atoms with Gasteiger partial charge in [-0.15, -0.1) is 0 Å². The first-order chi connectivity index (χ1) is 14.6. The lowest BCUT2D eigenvalue weighted by atomic mass is 10.1. The van der Waals surface area contributed by atoms with Gasteiger partial charge in [0.15, 0.2) is 17.3 Å². The Morgan fingerprint density at radius 1 is 1.07 bits per heavy atom. The summed E-state index contributed by atoms with van der Waals surface area (Å²) in [5.74, 6) is 0.530. The lowest BCUT2D eigenvalue weighted by molar-refractivity contribution is -0.131. The van der Waals surface area contributed by atoms with Crippen molar-refractivity contribution in [3.63, 3.8) is 0 Å². The molecule has 9 nitrogen and oxygen atoms in total. The van der Waals surface area contributed by atoms with Crippen molar-refractivity contribution in [1.82, 2.24) is 10.2 Å². The van der Waals surface area contributed by atoms with E-state index in [0.29, 0.717) is 49.1 Å². The molecule has 1 fully saturated rings. The van der Waals surface area contributed by atoms with Gasteiger partial charge in [0.05, 0.1) is 40.8 Å². The van der Waals surface area contributed by atoms with Crippen LogP contribution < -0.4 is 19.5 Å². The van der Waals surface area contributed by atoms with Crippen LogP contribution in [-0.2, 0) is 9.53 Å². The number of methoxy groups -OCH3 is 3. The molecule has 0 unspecified atom stereocenters. The third kappa shape index (κ3) is 4.74. The fourth-order valence-corrected chi connectivity index (χ4v) is 3.03. The van der Waals surface area contributed by atoms with Gasteiger partial charge in [-0.05, 0) is 35.9 Å². The molecule has 2 aromatic rings. The topological polar surface area (TPSA) is 99.5 Å². The molecule has 3 rings (SSSR count). The van der Waals surface area contributed by atoms with E-state index in [9.17, 15) is 9.59 Å². The van der Waals surface area contributed by atoms with Crippen LogP contribution in [-0.4, -0.2) is 64.3 Å². The summed E-state index contributed by atoms with van der Waals surface area (Å²) >= 11 is 0. The molecule has 0 atom stereocenters. The minimum atomic E-state index is -0.527. The zero-order chi connectivity index (χ0) is 21.5. The molecular weight excluding hydrogens is 392 g/mol. The highest BCUT2D eigenvalue weighted by Crippen LogP contribution is 2.38. The largest absolute Gasteiger partial charge is 0.493 e. The van der Waals surface area contributed by atoms with Gasteiger partial charge in [0, 0.05) is 13.1 Å². The molecule has 0 spiro atoms. The average Bonchev–Trinajstić information content (AvgIpc) is 3.33. The summed E-state index contributed by atoms with van der Waals surface area (Å²) in [6.45, 7) is 1.74. The number of hydrogen-bond acceptors (Lipinski definition) is 7. The Balaban J connectivity index is 1.98. The standard InChI is InChI=1S/C21H24N2O7/c1-26-17-12-14(13-18(27-2)19(17)28-3)11-15(21(25)23-6-9-29-10-7-23)22-20(24)16-5-4-8-30-16/h4-5,8,11-13H,6-7,9-10H2,1-3H3,(H,22,24). The zero-order valence-electron chi connectivity index (χ0n) is 17.1. The van der Waals surface area contributed by atoms with Crippen molar-refractivity contribution in [2.24, 2.45) is 0 Å². The highest BCUT2D eigenvalue weighted by Gasteiger charge is 2.24. The second kappa shape index (κ2) is 9.84. The quantitative estimate of drug-likeness (QED) is 0.689. The minimum absolute atomic E-state index is 0.0903. The van der Waals surface area contributed by atoms with Gasteiger partial charge in [0.1, 0.15) is 5.70 Å². The van der Waals surface area contributed by atoms with E-state index < -0.39 is 5.91 Å². The molecule has 2 heterocycles. The Kier molecular flexibility index (Phi) is 6.97. The molecule has 0 saturated carbocycles. The first kappa shape index (κ1) is 21.3. The molecule has 1 N–H and O–H groups in total. The van der Waals surface area contributed by atoms with Gasteiger partial charge in [-0.3, -0.25) is 9.59 Å². The first-order valence-electron chi connectivity index (χ1n) is 9.31. The molecule has 0 aliphatic carbocycles. The van der Waals surface area contributed by atoms with Crippen LogP contribution in [0.25, 0.3) is 6.08 Å². The van der Waals surface area contributed by atoms with E-state index in [0.717, 1.165) is 0 Å². The predicted molar refractivity (Wildman–Crippen MR) is 108 cm³/mol. The van der Waals surface area contributed by atoms with Gasteiger partial charge in [0.25, 0.3) is 11.8 Å². The van der Waals surface area contributed by atoms with Crippen molar-refractivity contribution in [3.8, 4) is 17.2 Å². The monoisotopic (exact) mass is 416 g/mol. The van der Waals surface area contributed by atoms with Crippen molar-refractivity contribution in [1.29, 1.82) is 0 Å². The molecule has 0 radical (unpaired) electrons. The summed E-state index contributed by atoms with van der Waals surface area (Å²) in [6.07, 6.45) is 2.95. The normalized spacial score (nSPS) is 14.2. The Hall–Kier alpha value is -3.46. The number of benzene rings is 1. The van der Waals surface area contributed by atoms with E-state index in [-0.39, 0.29) is 17.4 Å². The number of carbonyl (C=O) groups is 2. The molecule has 0 bridgehead atoms. The van der Waals surface area contributed by atoms with Crippen LogP contribution in [0.4, 0.5) is 0 Å². The van der Waals surface area contributed by atoms with E-state index in [2.05, 4.69) is 5.32 Å². The highest BCUT2D eigenvalue weighted by molar-refractivity contribution is 6.04. The summed E-state index contributed by atoms with van der Waals surface area (Å²) in [5, 5.41) is 2.65. The Bertz CT molecular complexity index is 890. The Morgan fingerprint density at radius 2 is 1.73 bits per heavy atom. The highest BCUT2D eigenvalue weighted by atomic mass is 16.5. The zero-order valence-corrected chi connectivity index (χ0v) is 17.1. The number of ether oxygens (including phenoxy) is 4. The SMILES string of the molecule is COc1cc(C=C(NC(=O)c2ccco2)C(=O)N2CCOCC2)cc(OC)c1OC. The summed E-state index contributed by atoms with van der Waals surface area (Å²) in [6, 6.07) is 6.49. The van der Waals surface area contributed by atoms with Gasteiger partial charge in [-0.2, -0.15) is 0 Å². The van der Waals surface area contributed by atoms with Gasteiger partial charge in [0.2, 0.25) is 5.75 Å². The summed E-state index contributed by atoms with van der Waals surface area (Å²) in [7, 11) is 4.51. The number of amides is 2. The molecule has 1 aromatic carbocycles. The fourth-order valence-electron chi connectivity index (χ4n) is 3.03. The molecule has 30 heavy (non-hydrogen) atoms. The van der Waals surface area contributed by atoms with Crippen molar-refractivity contribution in [2.45, 2.75) is 0 Å². The van der Waals surface area contributed by atoms with Gasteiger partial charge < -0.3 is 33.6 Å². The number of hydrogen-bond donors (Lipinski definition) is 1. The second-order valence-electron chi connectivity index (χ2n) is 6.35. The van der Waals surface area contributed by atoms with Crippen LogP contribution in [0.2, 0.25) is 0 Å². The minimum Gasteiger partial charge on any atom is -0.493 e. The fraction of sp³-hybridized carbons (Fsp3) is 0.333. The first-order valence-corrected chi connectivity index (χ1v) is 9.31. The lowest BCUT2D eigenvalue weighted by Crippen LogP contribution is -2.44. The summed E-state index contributed by atoms with van der Waals surface area (Å²) in [4.78, 5) is 27.3. The van der Waals surface area contributed by atoms with Crippen LogP contribution in [0, 0.1) is 0 Å². The molecule has 1 saturated heterocycles. The van der Waals surface area contributed by atoms with Crippen molar-refractivity contribution < 1.29 is 33.0 Å². The molecule has 160 valence electrons. The second-order valence-corrected chi connectivity index (χ2v) is 6.35. The van der Waals surface area contributed by atoms with Crippen molar-refractivity contribution in [2.75, 3.05) is 47.6 Å².